The van der Waals surface area contributed by atoms with Crippen LogP contribution in [0.3, 0.4) is 0 Å². The summed E-state index contributed by atoms with van der Waals surface area (Å²) in [5.41, 5.74) is 1.18. The third-order valence-corrected chi connectivity index (χ3v) is 3.66. The first-order valence-corrected chi connectivity index (χ1v) is 7.16. The molecule has 1 aromatic rings. The average Bonchev–Trinajstić information content (AvgIpc) is 2.41. The van der Waals surface area contributed by atoms with Crippen molar-refractivity contribution in [2.45, 2.75) is 18.9 Å². The molecule has 0 aliphatic carbocycles. The normalized spacial score (nSPS) is 12.9. The second-order valence-corrected chi connectivity index (χ2v) is 5.21. The number of hydrogen-bond donors (Lipinski definition) is 1. The minimum absolute atomic E-state index is 0.304. The minimum Gasteiger partial charge on any atom is -0.385 e. The smallest absolute Gasteiger partial charge is 0.0474 e. The molecule has 0 aliphatic heterocycles. The molecule has 3 nitrogen and oxygen atoms in total. The molecular weight excluding hydrogens is 260 g/mol. The molecule has 0 saturated carbocycles. The fourth-order valence-electron chi connectivity index (χ4n) is 2.15. The van der Waals surface area contributed by atoms with Gasteiger partial charge < -0.3 is 15.0 Å². The summed E-state index contributed by atoms with van der Waals surface area (Å²) in [5.74, 6) is 0. The van der Waals surface area contributed by atoms with Crippen molar-refractivity contribution in [3.63, 3.8) is 0 Å². The van der Waals surface area contributed by atoms with Crippen LogP contribution in [-0.4, -0.2) is 45.8 Å². The molecule has 108 valence electrons. The Bertz CT molecular complexity index is 360. The van der Waals surface area contributed by atoms with Gasteiger partial charge in [0, 0.05) is 31.3 Å². The molecule has 1 unspecified atom stereocenters. The van der Waals surface area contributed by atoms with Gasteiger partial charge in [-0.15, -0.1) is 0 Å². The van der Waals surface area contributed by atoms with E-state index in [0.29, 0.717) is 6.04 Å². The molecule has 0 aromatic heterocycles. The monoisotopic (exact) mass is 284 g/mol. The van der Waals surface area contributed by atoms with Crippen LogP contribution in [0, 0.1) is 0 Å². The fourth-order valence-corrected chi connectivity index (χ4v) is 2.42. The molecule has 19 heavy (non-hydrogen) atoms. The highest BCUT2D eigenvalue weighted by molar-refractivity contribution is 6.31. The fraction of sp³-hybridized carbons (Fsp3) is 0.600. The number of halogens is 1. The SMILES string of the molecule is CNC(CCN(C)CCCOC)c1ccccc1Cl. The van der Waals surface area contributed by atoms with E-state index in [-0.39, 0.29) is 0 Å². The molecule has 1 atom stereocenters. The molecule has 0 amide bonds. The molecule has 0 bridgehead atoms. The quantitative estimate of drug-likeness (QED) is 0.706. The van der Waals surface area contributed by atoms with E-state index in [9.17, 15) is 0 Å². The number of methoxy groups -OCH3 is 1. The van der Waals surface area contributed by atoms with Crippen LogP contribution >= 0.6 is 11.6 Å². The molecule has 0 saturated heterocycles. The maximum absolute atomic E-state index is 6.25. The van der Waals surface area contributed by atoms with E-state index in [1.807, 2.05) is 25.2 Å². The zero-order chi connectivity index (χ0) is 14.1. The summed E-state index contributed by atoms with van der Waals surface area (Å²) in [7, 11) is 5.88. The predicted molar refractivity (Wildman–Crippen MR) is 81.9 cm³/mol. The van der Waals surface area contributed by atoms with Crippen LogP contribution in [0.5, 0.6) is 0 Å². The lowest BCUT2D eigenvalue weighted by molar-refractivity contribution is 0.178. The summed E-state index contributed by atoms with van der Waals surface area (Å²) >= 11 is 6.25. The standard InChI is InChI=1S/C15H25ClN2O/c1-17-15(13-7-4-5-8-14(13)16)9-11-18(2)10-6-12-19-3/h4-5,7-8,15,17H,6,9-12H2,1-3H3. The lowest BCUT2D eigenvalue weighted by Crippen LogP contribution is -2.26. The summed E-state index contributed by atoms with van der Waals surface area (Å²) in [6.07, 6.45) is 2.12. The Morgan fingerprint density at radius 1 is 1.32 bits per heavy atom. The van der Waals surface area contributed by atoms with Gasteiger partial charge in [0.1, 0.15) is 0 Å². The van der Waals surface area contributed by atoms with Crippen molar-refractivity contribution in [2.75, 3.05) is 40.9 Å². The maximum atomic E-state index is 6.25. The van der Waals surface area contributed by atoms with Gasteiger partial charge in [-0.1, -0.05) is 29.8 Å². The Labute approximate surface area is 121 Å². The Morgan fingerprint density at radius 3 is 2.68 bits per heavy atom. The second kappa shape index (κ2) is 9.32. The highest BCUT2D eigenvalue weighted by Gasteiger charge is 2.12. The molecule has 1 aromatic carbocycles. The second-order valence-electron chi connectivity index (χ2n) is 4.80. The number of rotatable bonds is 9. The molecule has 0 fully saturated rings. The third-order valence-electron chi connectivity index (χ3n) is 3.32. The predicted octanol–water partition coefficient (Wildman–Crippen LogP) is 2.96. The molecule has 1 N–H and O–H groups in total. The molecule has 0 radical (unpaired) electrons. The van der Waals surface area contributed by atoms with Gasteiger partial charge in [-0.2, -0.15) is 0 Å². The summed E-state index contributed by atoms with van der Waals surface area (Å²) in [6, 6.07) is 8.35. The van der Waals surface area contributed by atoms with Crippen LogP contribution in [-0.2, 0) is 4.74 Å². The van der Waals surface area contributed by atoms with Crippen molar-refractivity contribution in [1.29, 1.82) is 0 Å². The number of nitrogens with zero attached hydrogens (tertiary/aromatic N) is 1. The van der Waals surface area contributed by atoms with E-state index >= 15 is 0 Å². The zero-order valence-electron chi connectivity index (χ0n) is 12.2. The minimum atomic E-state index is 0.304. The first-order valence-electron chi connectivity index (χ1n) is 6.78. The van der Waals surface area contributed by atoms with Crippen molar-refractivity contribution in [3.8, 4) is 0 Å². The van der Waals surface area contributed by atoms with Crippen molar-refractivity contribution in [2.24, 2.45) is 0 Å². The number of benzene rings is 1. The molecule has 0 aliphatic rings. The van der Waals surface area contributed by atoms with E-state index in [1.165, 1.54) is 5.56 Å². The summed E-state index contributed by atoms with van der Waals surface area (Å²) < 4.78 is 5.07. The molecule has 0 heterocycles. The van der Waals surface area contributed by atoms with Gasteiger partial charge in [-0.05, 0) is 45.1 Å². The Kier molecular flexibility index (Phi) is 8.07. The van der Waals surface area contributed by atoms with Crippen molar-refractivity contribution >= 4 is 11.6 Å². The maximum Gasteiger partial charge on any atom is 0.0474 e. The number of ether oxygens (including phenoxy) is 1. The van der Waals surface area contributed by atoms with Crippen molar-refractivity contribution in [1.82, 2.24) is 10.2 Å². The highest BCUT2D eigenvalue weighted by atomic mass is 35.5. The largest absolute Gasteiger partial charge is 0.385 e. The van der Waals surface area contributed by atoms with Crippen LogP contribution in [0.4, 0.5) is 0 Å². The van der Waals surface area contributed by atoms with E-state index in [0.717, 1.165) is 37.6 Å². The van der Waals surface area contributed by atoms with Crippen molar-refractivity contribution < 1.29 is 4.74 Å². The number of nitrogens with one attached hydrogen (secondary N) is 1. The third kappa shape index (κ3) is 5.91. The summed E-state index contributed by atoms with van der Waals surface area (Å²) in [4.78, 5) is 2.33. The number of hydrogen-bond acceptors (Lipinski definition) is 3. The Morgan fingerprint density at radius 2 is 2.05 bits per heavy atom. The average molecular weight is 285 g/mol. The van der Waals surface area contributed by atoms with Gasteiger partial charge >= 0.3 is 0 Å². The van der Waals surface area contributed by atoms with Crippen LogP contribution in [0.1, 0.15) is 24.4 Å². The van der Waals surface area contributed by atoms with Gasteiger partial charge in [0.15, 0.2) is 0 Å². The summed E-state index contributed by atoms with van der Waals surface area (Å²) in [6.45, 7) is 2.93. The van der Waals surface area contributed by atoms with Crippen LogP contribution in [0.25, 0.3) is 0 Å². The van der Waals surface area contributed by atoms with Gasteiger partial charge in [-0.25, -0.2) is 0 Å². The zero-order valence-corrected chi connectivity index (χ0v) is 12.9. The van der Waals surface area contributed by atoms with E-state index in [1.54, 1.807) is 7.11 Å². The lowest BCUT2D eigenvalue weighted by atomic mass is 10.0. The Hall–Kier alpha value is -0.610. The van der Waals surface area contributed by atoms with Crippen LogP contribution in [0.2, 0.25) is 5.02 Å². The highest BCUT2D eigenvalue weighted by Crippen LogP contribution is 2.24. The summed E-state index contributed by atoms with van der Waals surface area (Å²) in [5, 5.41) is 4.18. The van der Waals surface area contributed by atoms with E-state index in [2.05, 4.69) is 23.3 Å². The van der Waals surface area contributed by atoms with Gasteiger partial charge in [0.2, 0.25) is 0 Å². The van der Waals surface area contributed by atoms with Crippen LogP contribution in [0.15, 0.2) is 24.3 Å². The van der Waals surface area contributed by atoms with Crippen molar-refractivity contribution in [3.05, 3.63) is 34.9 Å². The molecule has 4 heteroatoms. The Balaban J connectivity index is 2.43. The van der Waals surface area contributed by atoms with Gasteiger partial charge in [-0.3, -0.25) is 0 Å². The first kappa shape index (κ1) is 16.4. The lowest BCUT2D eigenvalue weighted by Gasteiger charge is -2.22. The topological polar surface area (TPSA) is 24.5 Å². The van der Waals surface area contributed by atoms with Gasteiger partial charge in [0.25, 0.3) is 0 Å². The van der Waals surface area contributed by atoms with Gasteiger partial charge in [0.05, 0.1) is 0 Å². The molecule has 1 rings (SSSR count). The molecular formula is C15H25ClN2O. The molecule has 0 spiro atoms. The van der Waals surface area contributed by atoms with Crippen LogP contribution < -0.4 is 5.32 Å². The van der Waals surface area contributed by atoms with E-state index < -0.39 is 0 Å². The van der Waals surface area contributed by atoms with E-state index in [4.69, 9.17) is 16.3 Å². The first-order chi connectivity index (χ1) is 9.19.